The van der Waals surface area contributed by atoms with E-state index in [-0.39, 0.29) is 5.91 Å². The molecule has 0 saturated heterocycles. The molecule has 50 heavy (non-hydrogen) atoms. The van der Waals surface area contributed by atoms with Crippen LogP contribution in [0.1, 0.15) is 146 Å². The molecule has 0 fully saturated rings. The van der Waals surface area contributed by atoms with Gasteiger partial charge in [-0.1, -0.05) is 103 Å². The highest BCUT2D eigenvalue weighted by Crippen LogP contribution is 2.22. The number of quaternary nitrogens is 1. The summed E-state index contributed by atoms with van der Waals surface area (Å²) in [5.41, 5.74) is 1.80. The highest BCUT2D eigenvalue weighted by atomic mass is 16.5. The molecule has 0 saturated carbocycles. The zero-order chi connectivity index (χ0) is 36.3. The lowest BCUT2D eigenvalue weighted by atomic mass is 10.1. The maximum atomic E-state index is 12.7. The molecule has 1 atom stereocenters. The normalized spacial score (nSPS) is 12.3. The van der Waals surface area contributed by atoms with Crippen LogP contribution in [0.15, 0.2) is 58.8 Å². The largest absolute Gasteiger partial charge is 0.494 e. The molecule has 1 N–H and O–H groups in total. The van der Waals surface area contributed by atoms with Gasteiger partial charge in [-0.25, -0.2) is 4.79 Å². The Morgan fingerprint density at radius 1 is 0.620 bits per heavy atom. The van der Waals surface area contributed by atoms with E-state index in [2.05, 4.69) is 43.6 Å². The number of esters is 1. The fourth-order valence-electron chi connectivity index (χ4n) is 5.75. The Morgan fingerprint density at radius 2 is 1.06 bits per heavy atom. The molecular formula is C42H69N4O4+. The summed E-state index contributed by atoms with van der Waals surface area (Å²) in [6, 6.07) is 13.7. The minimum Gasteiger partial charge on any atom is -0.494 e. The van der Waals surface area contributed by atoms with E-state index in [1.165, 1.54) is 109 Å². The van der Waals surface area contributed by atoms with Gasteiger partial charge in [0.05, 0.1) is 52.3 Å². The fraction of sp³-hybridized carbons (Fsp3) is 0.667. The Morgan fingerprint density at radius 3 is 1.56 bits per heavy atom. The molecule has 1 amide bonds. The van der Waals surface area contributed by atoms with E-state index in [0.29, 0.717) is 17.9 Å². The zero-order valence-electron chi connectivity index (χ0n) is 32.2. The summed E-state index contributed by atoms with van der Waals surface area (Å²) in [6.07, 6.45) is 23.9. The summed E-state index contributed by atoms with van der Waals surface area (Å²) in [4.78, 5) is 25.1. The third kappa shape index (κ3) is 21.7. The molecule has 280 valence electrons. The maximum Gasteiger partial charge on any atom is 0.328 e. The van der Waals surface area contributed by atoms with Crippen molar-refractivity contribution in [3.63, 3.8) is 0 Å². The zero-order valence-corrected chi connectivity index (χ0v) is 32.2. The molecule has 2 aromatic carbocycles. The number of amides is 1. The monoisotopic (exact) mass is 694 g/mol. The van der Waals surface area contributed by atoms with Crippen LogP contribution in [0, 0.1) is 0 Å². The topological polar surface area (TPSA) is 89.3 Å². The molecule has 0 spiro atoms. The van der Waals surface area contributed by atoms with E-state index in [0.717, 1.165) is 41.8 Å². The average molecular weight is 694 g/mol. The molecule has 0 aliphatic heterocycles. The van der Waals surface area contributed by atoms with E-state index in [9.17, 15) is 9.59 Å². The highest BCUT2D eigenvalue weighted by molar-refractivity contribution is 5.96. The molecule has 0 aromatic heterocycles. The number of nitrogens with one attached hydrogen (secondary N) is 1. The Balaban J connectivity index is 1.55. The number of hydrogen-bond donors (Lipinski definition) is 1. The maximum absolute atomic E-state index is 12.7. The van der Waals surface area contributed by atoms with E-state index in [1.807, 2.05) is 24.3 Å². The van der Waals surface area contributed by atoms with Gasteiger partial charge in [0, 0.05) is 5.56 Å². The first-order valence-corrected chi connectivity index (χ1v) is 19.7. The van der Waals surface area contributed by atoms with Crippen molar-refractivity contribution in [1.82, 2.24) is 5.32 Å². The van der Waals surface area contributed by atoms with Crippen LogP contribution in [0.2, 0.25) is 0 Å². The van der Waals surface area contributed by atoms with Crippen LogP contribution < -0.4 is 10.1 Å². The number of benzene rings is 2. The van der Waals surface area contributed by atoms with Crippen LogP contribution in [0.25, 0.3) is 0 Å². The van der Waals surface area contributed by atoms with Crippen molar-refractivity contribution in [3.05, 3.63) is 54.1 Å². The Hall–Kier alpha value is -3.26. The lowest BCUT2D eigenvalue weighted by Gasteiger charge is -2.23. The lowest BCUT2D eigenvalue weighted by molar-refractivity contribution is -0.870. The fourth-order valence-corrected chi connectivity index (χ4v) is 5.75. The molecule has 2 rings (SSSR count). The van der Waals surface area contributed by atoms with Crippen LogP contribution in [0.3, 0.4) is 0 Å². The van der Waals surface area contributed by atoms with Gasteiger partial charge < -0.3 is 19.3 Å². The molecule has 8 heteroatoms. The Bertz CT molecular complexity index is 1190. The van der Waals surface area contributed by atoms with Gasteiger partial charge in [-0.05, 0) is 81.1 Å². The smallest absolute Gasteiger partial charge is 0.328 e. The lowest BCUT2D eigenvalue weighted by Crippen LogP contribution is -2.39. The number of hydrogen-bond acceptors (Lipinski definition) is 6. The molecule has 8 nitrogen and oxygen atoms in total. The first kappa shape index (κ1) is 42.9. The van der Waals surface area contributed by atoms with Gasteiger partial charge in [0.15, 0.2) is 0 Å². The van der Waals surface area contributed by atoms with Crippen LogP contribution in [0.5, 0.6) is 5.75 Å². The van der Waals surface area contributed by atoms with Gasteiger partial charge in [-0.3, -0.25) is 4.79 Å². The summed E-state index contributed by atoms with van der Waals surface area (Å²) in [7, 11) is 6.79. The third-order valence-electron chi connectivity index (χ3n) is 8.93. The average Bonchev–Trinajstić information content (AvgIpc) is 3.10. The number of unbranched alkanes of at least 4 members (excludes halogenated alkanes) is 17. The van der Waals surface area contributed by atoms with E-state index in [1.54, 1.807) is 31.2 Å². The minimum atomic E-state index is -0.718. The second-order valence-electron chi connectivity index (χ2n) is 14.8. The van der Waals surface area contributed by atoms with Crippen LogP contribution in [-0.4, -0.2) is 63.3 Å². The summed E-state index contributed by atoms with van der Waals surface area (Å²) in [5.74, 6) is 0.101. The molecule has 0 heterocycles. The van der Waals surface area contributed by atoms with Crippen molar-refractivity contribution in [2.45, 2.75) is 142 Å². The summed E-state index contributed by atoms with van der Waals surface area (Å²) in [6.45, 7) is 6.28. The van der Waals surface area contributed by atoms with Gasteiger partial charge in [0.25, 0.3) is 5.91 Å². The Labute approximate surface area is 304 Å². The van der Waals surface area contributed by atoms with Gasteiger partial charge in [-0.15, -0.1) is 0 Å². The SMILES string of the molecule is CCCCCCCCCCCCCOC(=O)[C@H](C)NC(=O)c1ccc(N=Nc2ccc(OCCCCCCCCCC[N+](C)(C)C)cc2)cc1. The third-order valence-corrected chi connectivity index (χ3v) is 8.93. The molecular weight excluding hydrogens is 624 g/mol. The number of rotatable bonds is 29. The number of carbonyl (C=O) groups is 2. The number of ether oxygens (including phenoxy) is 2. The van der Waals surface area contributed by atoms with Crippen molar-refractivity contribution in [2.75, 3.05) is 40.9 Å². The van der Waals surface area contributed by atoms with Crippen molar-refractivity contribution >= 4 is 23.3 Å². The van der Waals surface area contributed by atoms with E-state index in [4.69, 9.17) is 9.47 Å². The predicted molar refractivity (Wildman–Crippen MR) is 207 cm³/mol. The van der Waals surface area contributed by atoms with Crippen molar-refractivity contribution in [1.29, 1.82) is 0 Å². The highest BCUT2D eigenvalue weighted by Gasteiger charge is 2.18. The Kier molecular flexibility index (Phi) is 22.8. The number of carbonyl (C=O) groups excluding carboxylic acids is 2. The quantitative estimate of drug-likeness (QED) is 0.0397. The molecule has 2 aromatic rings. The second-order valence-corrected chi connectivity index (χ2v) is 14.8. The van der Waals surface area contributed by atoms with Crippen molar-refractivity contribution in [3.8, 4) is 5.75 Å². The molecule has 0 aliphatic carbocycles. The summed E-state index contributed by atoms with van der Waals surface area (Å²) >= 11 is 0. The molecule has 0 unspecified atom stereocenters. The van der Waals surface area contributed by atoms with E-state index < -0.39 is 12.0 Å². The van der Waals surface area contributed by atoms with Crippen LogP contribution in [-0.2, 0) is 9.53 Å². The number of nitrogens with zero attached hydrogens (tertiary/aromatic N) is 3. The summed E-state index contributed by atoms with van der Waals surface area (Å²) in [5, 5.41) is 11.3. The number of azo groups is 1. The van der Waals surface area contributed by atoms with Gasteiger partial charge >= 0.3 is 5.97 Å². The van der Waals surface area contributed by atoms with Crippen LogP contribution >= 0.6 is 0 Å². The van der Waals surface area contributed by atoms with Crippen molar-refractivity contribution < 1.29 is 23.5 Å². The van der Waals surface area contributed by atoms with E-state index >= 15 is 0 Å². The van der Waals surface area contributed by atoms with Gasteiger partial charge in [-0.2, -0.15) is 10.2 Å². The van der Waals surface area contributed by atoms with Gasteiger partial charge in [0.1, 0.15) is 11.8 Å². The second kappa shape index (κ2) is 26.5. The van der Waals surface area contributed by atoms with Gasteiger partial charge in [0.2, 0.25) is 0 Å². The first-order chi connectivity index (χ1) is 24.2. The van der Waals surface area contributed by atoms with Crippen LogP contribution in [0.4, 0.5) is 11.4 Å². The predicted octanol–water partition coefficient (Wildman–Crippen LogP) is 11.3. The first-order valence-electron chi connectivity index (χ1n) is 19.7. The summed E-state index contributed by atoms with van der Waals surface area (Å²) < 4.78 is 12.4. The van der Waals surface area contributed by atoms with Crippen molar-refractivity contribution in [2.24, 2.45) is 10.2 Å². The standard InChI is InChI=1S/C42H68N4O4/c1-6-7-8-9-10-11-12-14-18-21-24-35-50-42(48)36(2)43-41(47)37-25-27-38(28-26-37)44-45-39-29-31-40(32-30-39)49-34-23-20-17-15-13-16-19-22-33-46(3,4)5/h25-32,36H,6-24,33-35H2,1-5H3/p+1/t36-/m0/s1. The minimum absolute atomic E-state index is 0.329. The molecule has 0 aliphatic rings. The molecule has 0 radical (unpaired) electrons. The molecule has 0 bridgehead atoms.